The lowest BCUT2D eigenvalue weighted by Crippen LogP contribution is -2.76. The first-order chi connectivity index (χ1) is 17.2. The molecule has 1 N–H and O–H groups in total. The number of rotatable bonds is 8. The van der Waals surface area contributed by atoms with Gasteiger partial charge in [0.1, 0.15) is 23.7 Å². The minimum Gasteiger partial charge on any atom is -0.481 e. The van der Waals surface area contributed by atoms with Crippen molar-refractivity contribution in [3.05, 3.63) is 71.6 Å². The molecule has 1 aromatic heterocycles. The summed E-state index contributed by atoms with van der Waals surface area (Å²) in [5.74, 6) is -6.21. The van der Waals surface area contributed by atoms with Gasteiger partial charge in [0.25, 0.3) is 5.92 Å². The molecule has 198 valence electrons. The quantitative estimate of drug-likeness (QED) is 0.419. The maximum atomic E-state index is 16.2. The van der Waals surface area contributed by atoms with Crippen LogP contribution in [0.5, 0.6) is 5.75 Å². The van der Waals surface area contributed by atoms with Gasteiger partial charge in [-0.15, -0.1) is 5.10 Å². The average Bonchev–Trinajstić information content (AvgIpc) is 3.24. The van der Waals surface area contributed by atoms with Crippen molar-refractivity contribution in [3.8, 4) is 5.75 Å². The summed E-state index contributed by atoms with van der Waals surface area (Å²) >= 11 is 0. The molecule has 2 aromatic carbocycles. The van der Waals surface area contributed by atoms with Gasteiger partial charge in [-0.3, -0.25) is 0 Å². The zero-order valence-electron chi connectivity index (χ0n) is 19.3. The Morgan fingerprint density at radius 2 is 1.68 bits per heavy atom. The van der Waals surface area contributed by atoms with Crippen molar-refractivity contribution in [1.82, 2.24) is 20.2 Å². The first-order valence-corrected chi connectivity index (χ1v) is 11.3. The predicted molar refractivity (Wildman–Crippen MR) is 114 cm³/mol. The lowest BCUT2D eigenvalue weighted by Gasteiger charge is -2.74. The first-order valence-electron chi connectivity index (χ1n) is 11.3. The molecule has 3 aromatic rings. The van der Waals surface area contributed by atoms with Crippen LogP contribution in [0.1, 0.15) is 37.3 Å². The molecule has 13 heteroatoms. The topological polar surface area (TPSA) is 73.1 Å². The van der Waals surface area contributed by atoms with Gasteiger partial charge in [0.05, 0.1) is 6.54 Å². The fourth-order valence-corrected chi connectivity index (χ4v) is 5.69. The van der Waals surface area contributed by atoms with E-state index in [0.717, 1.165) is 30.1 Å². The summed E-state index contributed by atoms with van der Waals surface area (Å²) in [7, 11) is 0. The van der Waals surface area contributed by atoms with Gasteiger partial charge < -0.3 is 9.84 Å². The first kappa shape index (κ1) is 25.4. The van der Waals surface area contributed by atoms with Gasteiger partial charge in [-0.2, -0.15) is 13.2 Å². The Morgan fingerprint density at radius 1 is 1.03 bits per heavy atom. The molecule has 3 saturated carbocycles. The molecule has 3 aliphatic rings. The normalized spacial score (nSPS) is 25.5. The molecule has 0 saturated heterocycles. The monoisotopic (exact) mass is 530 g/mol. The molecule has 0 aliphatic heterocycles. The van der Waals surface area contributed by atoms with E-state index in [1.54, 1.807) is 0 Å². The van der Waals surface area contributed by atoms with E-state index in [-0.39, 0.29) is 25.0 Å². The van der Waals surface area contributed by atoms with Crippen molar-refractivity contribution in [3.63, 3.8) is 0 Å². The highest BCUT2D eigenvalue weighted by Gasteiger charge is 2.82. The Balaban J connectivity index is 1.39. The standard InChI is InChI=1S/C24H21F7N4O2/c1-14(23(27,28)29)37-17-5-2-15(3-6-17)20-9-21(10-20,11-20)24(30,31)22(36,12-35-13-32-33-34-35)18-7-4-16(25)8-19(18)26/h2-8,13-14,36H,9-12H2,1H3/t14-,20?,21?,22-/m0/s1. The second kappa shape index (κ2) is 8.14. The third-order valence-electron chi connectivity index (χ3n) is 7.62. The number of tetrazole rings is 1. The molecule has 0 radical (unpaired) electrons. The van der Waals surface area contributed by atoms with Crippen LogP contribution in [-0.2, 0) is 17.6 Å². The fraction of sp³-hybridized carbons (Fsp3) is 0.458. The Labute approximate surface area is 206 Å². The molecule has 6 nitrogen and oxygen atoms in total. The summed E-state index contributed by atoms with van der Waals surface area (Å²) in [6.07, 6.45) is -5.70. The maximum absolute atomic E-state index is 16.2. The number of alkyl halides is 5. The molecule has 2 atom stereocenters. The third kappa shape index (κ3) is 3.85. The average molecular weight is 530 g/mol. The minimum absolute atomic E-state index is 0.0113. The van der Waals surface area contributed by atoms with E-state index in [9.17, 15) is 27.1 Å². The molecule has 0 unspecified atom stereocenters. The predicted octanol–water partition coefficient (Wildman–Crippen LogP) is 4.93. The van der Waals surface area contributed by atoms with Gasteiger partial charge >= 0.3 is 6.18 Å². The van der Waals surface area contributed by atoms with Crippen LogP contribution in [0.2, 0.25) is 0 Å². The molecule has 2 bridgehead atoms. The largest absolute Gasteiger partial charge is 0.481 e. The van der Waals surface area contributed by atoms with Crippen LogP contribution in [0.3, 0.4) is 0 Å². The second-order valence-corrected chi connectivity index (χ2v) is 9.98. The van der Waals surface area contributed by atoms with Crippen LogP contribution in [0, 0.1) is 17.0 Å². The molecule has 3 fully saturated rings. The van der Waals surface area contributed by atoms with Crippen molar-refractivity contribution in [1.29, 1.82) is 0 Å². The van der Waals surface area contributed by atoms with Crippen LogP contribution in [0.15, 0.2) is 48.8 Å². The summed E-state index contributed by atoms with van der Waals surface area (Å²) in [5, 5.41) is 21.6. The Bertz CT molecular complexity index is 1280. The fourth-order valence-electron chi connectivity index (χ4n) is 5.69. The minimum atomic E-state index is -4.53. The molecule has 0 spiro atoms. The smallest absolute Gasteiger partial charge is 0.425 e. The van der Waals surface area contributed by atoms with Crippen molar-refractivity contribution in [2.75, 3.05) is 0 Å². The number of ether oxygens (including phenoxy) is 1. The molecular formula is C24H21F7N4O2. The van der Waals surface area contributed by atoms with Crippen LogP contribution < -0.4 is 4.74 Å². The van der Waals surface area contributed by atoms with E-state index in [1.165, 1.54) is 24.3 Å². The highest BCUT2D eigenvalue weighted by molar-refractivity contribution is 5.44. The molecule has 37 heavy (non-hydrogen) atoms. The number of nitrogens with zero attached hydrogens (tertiary/aromatic N) is 4. The zero-order valence-corrected chi connectivity index (χ0v) is 19.3. The zero-order chi connectivity index (χ0) is 26.9. The van der Waals surface area contributed by atoms with Gasteiger partial charge in [-0.25, -0.2) is 22.2 Å². The summed E-state index contributed by atoms with van der Waals surface area (Å²) in [6, 6.07) is 7.76. The Kier molecular flexibility index (Phi) is 5.59. The van der Waals surface area contributed by atoms with Gasteiger partial charge in [-0.05, 0) is 71.9 Å². The van der Waals surface area contributed by atoms with E-state index in [0.29, 0.717) is 11.6 Å². The third-order valence-corrected chi connectivity index (χ3v) is 7.62. The van der Waals surface area contributed by atoms with Gasteiger partial charge in [0, 0.05) is 17.0 Å². The number of aromatic nitrogens is 4. The number of halogens is 7. The van der Waals surface area contributed by atoms with Crippen molar-refractivity contribution < 1.29 is 40.6 Å². The summed E-state index contributed by atoms with van der Waals surface area (Å²) in [6.45, 7) is -0.00486. The van der Waals surface area contributed by atoms with E-state index in [2.05, 4.69) is 15.5 Å². The van der Waals surface area contributed by atoms with E-state index in [1.807, 2.05) is 0 Å². The van der Waals surface area contributed by atoms with E-state index < -0.39 is 58.4 Å². The summed E-state index contributed by atoms with van der Waals surface area (Å²) in [4.78, 5) is 0. The maximum Gasteiger partial charge on any atom is 0.425 e. The number of benzene rings is 2. The lowest BCUT2D eigenvalue weighted by atomic mass is 9.30. The lowest BCUT2D eigenvalue weighted by molar-refractivity contribution is -0.347. The van der Waals surface area contributed by atoms with Gasteiger partial charge in [0.15, 0.2) is 11.7 Å². The van der Waals surface area contributed by atoms with Crippen molar-refractivity contribution in [2.24, 2.45) is 5.41 Å². The number of aliphatic hydroxyl groups is 1. The van der Waals surface area contributed by atoms with E-state index in [4.69, 9.17) is 4.74 Å². The highest BCUT2D eigenvalue weighted by atomic mass is 19.4. The van der Waals surface area contributed by atoms with Crippen molar-refractivity contribution >= 4 is 0 Å². The molecule has 1 heterocycles. The summed E-state index contributed by atoms with van der Waals surface area (Å²) < 4.78 is 105. The van der Waals surface area contributed by atoms with Crippen LogP contribution in [0.25, 0.3) is 0 Å². The van der Waals surface area contributed by atoms with Crippen LogP contribution in [0.4, 0.5) is 30.7 Å². The molecule has 6 rings (SSSR count). The molecular weight excluding hydrogens is 509 g/mol. The number of hydrogen-bond donors (Lipinski definition) is 1. The van der Waals surface area contributed by atoms with Crippen LogP contribution >= 0.6 is 0 Å². The SMILES string of the molecule is C[C@H](Oc1ccc(C23CC(C(F)(F)[C@](O)(Cn4cnnn4)c4ccc(F)cc4F)(C2)C3)cc1)C(F)(F)F. The Hall–Kier alpha value is -3.22. The van der Waals surface area contributed by atoms with Gasteiger partial charge in [-0.1, -0.05) is 12.1 Å². The Morgan fingerprint density at radius 3 is 2.22 bits per heavy atom. The molecule has 3 aliphatic carbocycles. The molecule has 0 amide bonds. The van der Waals surface area contributed by atoms with Crippen molar-refractivity contribution in [2.45, 2.75) is 61.9 Å². The number of hydrogen-bond acceptors (Lipinski definition) is 5. The summed E-state index contributed by atoms with van der Waals surface area (Å²) in [5.41, 5.74) is -5.58. The van der Waals surface area contributed by atoms with Gasteiger partial charge in [0.2, 0.25) is 0 Å². The van der Waals surface area contributed by atoms with Crippen LogP contribution in [-0.4, -0.2) is 43.5 Å². The highest BCUT2D eigenvalue weighted by Crippen LogP contribution is 2.80. The van der Waals surface area contributed by atoms with E-state index >= 15 is 8.78 Å². The second-order valence-electron chi connectivity index (χ2n) is 9.98.